The van der Waals surface area contributed by atoms with Gasteiger partial charge in [-0.15, -0.1) is 0 Å². The molecule has 0 radical (unpaired) electrons. The molecule has 0 aliphatic heterocycles. The summed E-state index contributed by atoms with van der Waals surface area (Å²) in [5.74, 6) is 1.45. The smallest absolute Gasteiger partial charge is 0.119 e. The van der Waals surface area contributed by atoms with Crippen LogP contribution in [0.5, 0.6) is 5.75 Å². The van der Waals surface area contributed by atoms with Crippen LogP contribution in [0, 0.1) is 5.92 Å². The van der Waals surface area contributed by atoms with E-state index in [1.54, 1.807) is 0 Å². The highest BCUT2D eigenvalue weighted by molar-refractivity contribution is 5.28. The van der Waals surface area contributed by atoms with Crippen molar-refractivity contribution in [3.63, 3.8) is 0 Å². The zero-order chi connectivity index (χ0) is 13.4. The minimum absolute atomic E-state index is 0.311. The summed E-state index contributed by atoms with van der Waals surface area (Å²) in [5, 5.41) is 0. The first-order chi connectivity index (χ1) is 8.63. The Morgan fingerprint density at radius 2 is 1.94 bits per heavy atom. The van der Waals surface area contributed by atoms with E-state index in [4.69, 9.17) is 15.2 Å². The highest BCUT2D eigenvalue weighted by Gasteiger charge is 2.06. The number of ether oxygens (including phenoxy) is 2. The van der Waals surface area contributed by atoms with Crippen molar-refractivity contribution in [3.05, 3.63) is 29.8 Å². The molecule has 1 aromatic rings. The molecule has 0 aromatic heterocycles. The van der Waals surface area contributed by atoms with Crippen molar-refractivity contribution < 1.29 is 9.47 Å². The SMILES string of the molecule is CC(C)C(C)OCCCOc1cccc(CN)c1. The molecule has 0 aliphatic carbocycles. The summed E-state index contributed by atoms with van der Waals surface area (Å²) in [4.78, 5) is 0. The molecular weight excluding hydrogens is 226 g/mol. The average molecular weight is 251 g/mol. The van der Waals surface area contributed by atoms with Gasteiger partial charge in [0.2, 0.25) is 0 Å². The molecule has 3 nitrogen and oxygen atoms in total. The molecule has 0 aliphatic rings. The van der Waals surface area contributed by atoms with Crippen molar-refractivity contribution >= 4 is 0 Å². The summed E-state index contributed by atoms with van der Waals surface area (Å²) in [6, 6.07) is 7.91. The van der Waals surface area contributed by atoms with Crippen molar-refractivity contribution in [2.75, 3.05) is 13.2 Å². The van der Waals surface area contributed by atoms with E-state index in [1.807, 2.05) is 24.3 Å². The van der Waals surface area contributed by atoms with Gasteiger partial charge >= 0.3 is 0 Å². The Kier molecular flexibility index (Phi) is 6.76. The van der Waals surface area contributed by atoms with Gasteiger partial charge in [0.15, 0.2) is 0 Å². The molecular formula is C15H25NO2. The van der Waals surface area contributed by atoms with Crippen LogP contribution in [-0.4, -0.2) is 19.3 Å². The van der Waals surface area contributed by atoms with Crippen LogP contribution in [0.25, 0.3) is 0 Å². The van der Waals surface area contributed by atoms with Crippen LogP contribution in [0.3, 0.4) is 0 Å². The largest absolute Gasteiger partial charge is 0.493 e. The van der Waals surface area contributed by atoms with Crippen molar-refractivity contribution in [1.82, 2.24) is 0 Å². The standard InChI is InChI=1S/C15H25NO2/c1-12(2)13(3)17-8-5-9-18-15-7-4-6-14(10-15)11-16/h4,6-7,10,12-13H,5,8-9,11,16H2,1-3H3. The van der Waals surface area contributed by atoms with Crippen LogP contribution in [-0.2, 0) is 11.3 Å². The fourth-order valence-electron chi connectivity index (χ4n) is 1.47. The molecule has 0 amide bonds. The molecule has 1 aromatic carbocycles. The monoisotopic (exact) mass is 251 g/mol. The van der Waals surface area contributed by atoms with Crippen LogP contribution >= 0.6 is 0 Å². The van der Waals surface area contributed by atoms with E-state index < -0.39 is 0 Å². The van der Waals surface area contributed by atoms with Gasteiger partial charge in [-0.25, -0.2) is 0 Å². The Hall–Kier alpha value is -1.06. The van der Waals surface area contributed by atoms with Crippen LogP contribution < -0.4 is 10.5 Å². The highest BCUT2D eigenvalue weighted by Crippen LogP contribution is 2.13. The van der Waals surface area contributed by atoms with E-state index in [1.165, 1.54) is 0 Å². The van der Waals surface area contributed by atoms with E-state index in [2.05, 4.69) is 20.8 Å². The second-order valence-corrected chi connectivity index (χ2v) is 4.87. The average Bonchev–Trinajstić information content (AvgIpc) is 2.38. The summed E-state index contributed by atoms with van der Waals surface area (Å²) in [6.45, 7) is 8.41. The summed E-state index contributed by atoms with van der Waals surface area (Å²) in [7, 11) is 0. The van der Waals surface area contributed by atoms with Crippen LogP contribution in [0.1, 0.15) is 32.8 Å². The van der Waals surface area contributed by atoms with Gasteiger partial charge in [-0.2, -0.15) is 0 Å². The minimum Gasteiger partial charge on any atom is -0.493 e. The van der Waals surface area contributed by atoms with Gasteiger partial charge in [-0.1, -0.05) is 26.0 Å². The van der Waals surface area contributed by atoms with Crippen molar-refractivity contribution in [3.8, 4) is 5.75 Å². The molecule has 0 spiro atoms. The Morgan fingerprint density at radius 1 is 1.17 bits per heavy atom. The summed E-state index contributed by atoms with van der Waals surface area (Å²) in [5.41, 5.74) is 6.68. The first kappa shape index (κ1) is 15.0. The van der Waals surface area contributed by atoms with Crippen molar-refractivity contribution in [1.29, 1.82) is 0 Å². The predicted octanol–water partition coefficient (Wildman–Crippen LogP) is 2.98. The molecule has 0 heterocycles. The molecule has 0 bridgehead atoms. The molecule has 18 heavy (non-hydrogen) atoms. The third-order valence-corrected chi connectivity index (χ3v) is 3.01. The zero-order valence-corrected chi connectivity index (χ0v) is 11.7. The maximum Gasteiger partial charge on any atom is 0.119 e. The zero-order valence-electron chi connectivity index (χ0n) is 11.7. The first-order valence-electron chi connectivity index (χ1n) is 6.67. The van der Waals surface area contributed by atoms with Crippen LogP contribution in [0.4, 0.5) is 0 Å². The Balaban J connectivity index is 2.17. The van der Waals surface area contributed by atoms with Gasteiger partial charge in [-0.3, -0.25) is 0 Å². The van der Waals surface area contributed by atoms with Gasteiger partial charge < -0.3 is 15.2 Å². The Bertz CT molecular complexity index is 339. The normalized spacial score (nSPS) is 12.7. The topological polar surface area (TPSA) is 44.5 Å². The molecule has 1 rings (SSSR count). The second-order valence-electron chi connectivity index (χ2n) is 4.87. The quantitative estimate of drug-likeness (QED) is 0.722. The van der Waals surface area contributed by atoms with E-state index in [0.717, 1.165) is 24.3 Å². The lowest BCUT2D eigenvalue weighted by atomic mass is 10.1. The molecule has 0 fully saturated rings. The fraction of sp³-hybridized carbons (Fsp3) is 0.600. The van der Waals surface area contributed by atoms with Gasteiger partial charge in [-0.05, 0) is 30.5 Å². The first-order valence-corrected chi connectivity index (χ1v) is 6.67. The van der Waals surface area contributed by atoms with Gasteiger partial charge in [0.25, 0.3) is 0 Å². The van der Waals surface area contributed by atoms with E-state index in [0.29, 0.717) is 25.2 Å². The fourth-order valence-corrected chi connectivity index (χ4v) is 1.47. The van der Waals surface area contributed by atoms with E-state index in [-0.39, 0.29) is 0 Å². The van der Waals surface area contributed by atoms with Crippen LogP contribution in [0.2, 0.25) is 0 Å². The molecule has 1 atom stereocenters. The van der Waals surface area contributed by atoms with Crippen molar-refractivity contribution in [2.24, 2.45) is 11.7 Å². The van der Waals surface area contributed by atoms with Gasteiger partial charge in [0, 0.05) is 13.0 Å². The summed E-state index contributed by atoms with van der Waals surface area (Å²) in [6.07, 6.45) is 1.22. The summed E-state index contributed by atoms with van der Waals surface area (Å²) < 4.78 is 11.3. The van der Waals surface area contributed by atoms with E-state index in [9.17, 15) is 0 Å². The number of benzene rings is 1. The van der Waals surface area contributed by atoms with Crippen LogP contribution in [0.15, 0.2) is 24.3 Å². The van der Waals surface area contributed by atoms with Crippen molar-refractivity contribution in [2.45, 2.75) is 39.8 Å². The highest BCUT2D eigenvalue weighted by atomic mass is 16.5. The molecule has 0 saturated heterocycles. The molecule has 2 N–H and O–H groups in total. The maximum absolute atomic E-state index is 5.69. The molecule has 102 valence electrons. The lowest BCUT2D eigenvalue weighted by Crippen LogP contribution is -2.17. The second kappa shape index (κ2) is 8.11. The number of hydrogen-bond donors (Lipinski definition) is 1. The number of rotatable bonds is 8. The maximum atomic E-state index is 5.69. The van der Waals surface area contributed by atoms with E-state index >= 15 is 0 Å². The number of hydrogen-bond acceptors (Lipinski definition) is 3. The molecule has 3 heteroatoms. The summed E-state index contributed by atoms with van der Waals surface area (Å²) >= 11 is 0. The molecule has 1 unspecified atom stereocenters. The molecule has 0 saturated carbocycles. The lowest BCUT2D eigenvalue weighted by Gasteiger charge is -2.16. The lowest BCUT2D eigenvalue weighted by molar-refractivity contribution is 0.0291. The third kappa shape index (κ3) is 5.52. The Labute approximate surface area is 110 Å². The minimum atomic E-state index is 0.311. The Morgan fingerprint density at radius 3 is 2.61 bits per heavy atom. The predicted molar refractivity (Wildman–Crippen MR) is 74.7 cm³/mol. The number of nitrogens with two attached hydrogens (primary N) is 1. The third-order valence-electron chi connectivity index (χ3n) is 3.01. The van der Waals surface area contributed by atoms with Gasteiger partial charge in [0.1, 0.15) is 5.75 Å². The van der Waals surface area contributed by atoms with Gasteiger partial charge in [0.05, 0.1) is 19.3 Å².